The highest BCUT2D eigenvalue weighted by atomic mass is 15.3. The normalized spacial score (nSPS) is 10.7. The Morgan fingerprint density at radius 2 is 1.86 bits per heavy atom. The molecule has 21 heavy (non-hydrogen) atoms. The van der Waals surface area contributed by atoms with Crippen molar-refractivity contribution in [2.75, 3.05) is 0 Å². The number of benzene rings is 1. The lowest BCUT2D eigenvalue weighted by molar-refractivity contribution is 0.678. The molecule has 1 N–H and O–H groups in total. The molecule has 0 radical (unpaired) electrons. The monoisotopic (exact) mass is 278 g/mol. The van der Waals surface area contributed by atoms with Gasteiger partial charge in [-0.05, 0) is 31.2 Å². The Kier molecular flexibility index (Phi) is 4.07. The topological polar surface area (TPSA) is 42.7 Å². The van der Waals surface area contributed by atoms with Gasteiger partial charge in [0.05, 0.1) is 17.6 Å². The summed E-state index contributed by atoms with van der Waals surface area (Å²) >= 11 is 0. The van der Waals surface area contributed by atoms with Crippen molar-refractivity contribution in [3.8, 4) is 5.69 Å². The number of aromatic nitrogens is 3. The summed E-state index contributed by atoms with van der Waals surface area (Å²) in [6.07, 6.45) is 3.94. The van der Waals surface area contributed by atoms with Gasteiger partial charge < -0.3 is 5.32 Å². The Balaban J connectivity index is 1.58. The first-order valence-corrected chi connectivity index (χ1v) is 7.03. The molecule has 0 unspecified atom stereocenters. The molecular formula is C17H18N4. The molecule has 4 heteroatoms. The molecule has 0 aliphatic heterocycles. The minimum absolute atomic E-state index is 0.762. The highest BCUT2D eigenvalue weighted by Gasteiger charge is 2.01. The van der Waals surface area contributed by atoms with Gasteiger partial charge in [-0.15, -0.1) is 0 Å². The first kappa shape index (κ1) is 13.5. The van der Waals surface area contributed by atoms with Crippen LogP contribution in [0.2, 0.25) is 0 Å². The van der Waals surface area contributed by atoms with Crippen molar-refractivity contribution < 1.29 is 0 Å². The van der Waals surface area contributed by atoms with Gasteiger partial charge in [0.25, 0.3) is 0 Å². The number of nitrogens with zero attached hydrogens (tertiary/aromatic N) is 3. The lowest BCUT2D eigenvalue weighted by atomic mass is 10.3. The summed E-state index contributed by atoms with van der Waals surface area (Å²) in [4.78, 5) is 4.47. The Hall–Kier alpha value is -2.46. The molecule has 0 aliphatic carbocycles. The number of nitrogens with one attached hydrogen (secondary N) is 1. The molecule has 0 saturated heterocycles. The summed E-state index contributed by atoms with van der Waals surface area (Å²) < 4.78 is 1.89. The third-order valence-electron chi connectivity index (χ3n) is 3.24. The van der Waals surface area contributed by atoms with Gasteiger partial charge >= 0.3 is 0 Å². The van der Waals surface area contributed by atoms with Gasteiger partial charge in [-0.2, -0.15) is 5.10 Å². The largest absolute Gasteiger partial charge is 0.307 e. The quantitative estimate of drug-likeness (QED) is 0.780. The van der Waals surface area contributed by atoms with Crippen molar-refractivity contribution in [3.05, 3.63) is 77.9 Å². The number of rotatable bonds is 5. The summed E-state index contributed by atoms with van der Waals surface area (Å²) in [5.41, 5.74) is 4.34. The van der Waals surface area contributed by atoms with Gasteiger partial charge in [0.1, 0.15) is 0 Å². The maximum absolute atomic E-state index is 4.47. The van der Waals surface area contributed by atoms with Crippen molar-refractivity contribution in [2.24, 2.45) is 0 Å². The van der Waals surface area contributed by atoms with Gasteiger partial charge in [0.15, 0.2) is 0 Å². The molecule has 0 atom stereocenters. The first-order chi connectivity index (χ1) is 10.3. The molecule has 106 valence electrons. The zero-order valence-corrected chi connectivity index (χ0v) is 12.0. The van der Waals surface area contributed by atoms with Crippen LogP contribution < -0.4 is 5.32 Å². The highest BCUT2D eigenvalue weighted by Crippen LogP contribution is 2.07. The molecule has 0 spiro atoms. The van der Waals surface area contributed by atoms with Crippen LogP contribution in [-0.4, -0.2) is 14.8 Å². The molecule has 0 bridgehead atoms. The molecule has 1 aromatic carbocycles. The van der Waals surface area contributed by atoms with E-state index in [2.05, 4.69) is 15.4 Å². The third kappa shape index (κ3) is 3.55. The fourth-order valence-corrected chi connectivity index (χ4v) is 2.21. The molecular weight excluding hydrogens is 260 g/mol. The van der Waals surface area contributed by atoms with Gasteiger partial charge in [-0.25, -0.2) is 4.68 Å². The van der Waals surface area contributed by atoms with E-state index < -0.39 is 0 Å². The second-order valence-electron chi connectivity index (χ2n) is 5.00. The molecule has 2 heterocycles. The van der Waals surface area contributed by atoms with Gasteiger partial charge in [-0.3, -0.25) is 4.98 Å². The maximum atomic E-state index is 4.47. The minimum atomic E-state index is 0.762. The predicted molar refractivity (Wildman–Crippen MR) is 83.1 cm³/mol. The van der Waals surface area contributed by atoms with Crippen LogP contribution >= 0.6 is 0 Å². The number of aryl methyl sites for hydroxylation is 1. The van der Waals surface area contributed by atoms with Crippen molar-refractivity contribution in [1.82, 2.24) is 20.1 Å². The number of hydrogen-bond donors (Lipinski definition) is 1. The number of para-hydroxylation sites is 1. The highest BCUT2D eigenvalue weighted by molar-refractivity contribution is 5.30. The predicted octanol–water partition coefficient (Wildman–Crippen LogP) is 2.87. The SMILES string of the molecule is Cc1cccc(CNCc2cnn(-c3ccccc3)c2)n1. The van der Waals surface area contributed by atoms with Crippen LogP contribution in [0.3, 0.4) is 0 Å². The smallest absolute Gasteiger partial charge is 0.0645 e. The van der Waals surface area contributed by atoms with E-state index in [0.29, 0.717) is 0 Å². The van der Waals surface area contributed by atoms with Crippen LogP contribution in [0.25, 0.3) is 5.69 Å². The second kappa shape index (κ2) is 6.33. The third-order valence-corrected chi connectivity index (χ3v) is 3.24. The molecule has 0 amide bonds. The van der Waals surface area contributed by atoms with Crippen LogP contribution in [0, 0.1) is 6.92 Å². The van der Waals surface area contributed by atoms with E-state index in [4.69, 9.17) is 0 Å². The lowest BCUT2D eigenvalue weighted by Crippen LogP contribution is -2.13. The van der Waals surface area contributed by atoms with E-state index in [1.807, 2.05) is 72.5 Å². The Labute approximate surface area is 124 Å². The van der Waals surface area contributed by atoms with Crippen LogP contribution in [0.5, 0.6) is 0 Å². The van der Waals surface area contributed by atoms with Crippen LogP contribution in [0.1, 0.15) is 17.0 Å². The van der Waals surface area contributed by atoms with Crippen LogP contribution in [0.4, 0.5) is 0 Å². The fraction of sp³-hybridized carbons (Fsp3) is 0.176. The zero-order valence-electron chi connectivity index (χ0n) is 12.0. The summed E-state index contributed by atoms with van der Waals surface area (Å²) in [7, 11) is 0. The number of hydrogen-bond acceptors (Lipinski definition) is 3. The van der Waals surface area contributed by atoms with Crippen molar-refractivity contribution in [2.45, 2.75) is 20.0 Å². The summed E-state index contributed by atoms with van der Waals surface area (Å²) in [6.45, 7) is 3.55. The van der Waals surface area contributed by atoms with Crippen LogP contribution in [0.15, 0.2) is 60.9 Å². The summed E-state index contributed by atoms with van der Waals surface area (Å²) in [6, 6.07) is 16.2. The minimum Gasteiger partial charge on any atom is -0.307 e. The summed E-state index contributed by atoms with van der Waals surface area (Å²) in [5, 5.41) is 7.78. The molecule has 2 aromatic heterocycles. The van der Waals surface area contributed by atoms with E-state index in [1.54, 1.807) is 0 Å². The molecule has 0 aliphatic rings. The van der Waals surface area contributed by atoms with Gasteiger partial charge in [0, 0.05) is 30.5 Å². The van der Waals surface area contributed by atoms with Crippen LogP contribution in [-0.2, 0) is 13.1 Å². The Morgan fingerprint density at radius 1 is 1.00 bits per heavy atom. The summed E-state index contributed by atoms with van der Waals surface area (Å²) in [5.74, 6) is 0. The van der Waals surface area contributed by atoms with E-state index >= 15 is 0 Å². The Bertz CT molecular complexity index is 704. The van der Waals surface area contributed by atoms with Crippen molar-refractivity contribution >= 4 is 0 Å². The average molecular weight is 278 g/mol. The second-order valence-corrected chi connectivity index (χ2v) is 5.00. The van der Waals surface area contributed by atoms with Gasteiger partial charge in [0.2, 0.25) is 0 Å². The Morgan fingerprint density at radius 3 is 2.67 bits per heavy atom. The molecule has 3 rings (SSSR count). The lowest BCUT2D eigenvalue weighted by Gasteiger charge is -2.03. The van der Waals surface area contributed by atoms with Crippen molar-refractivity contribution in [1.29, 1.82) is 0 Å². The molecule has 3 aromatic rings. The van der Waals surface area contributed by atoms with E-state index in [1.165, 1.54) is 0 Å². The first-order valence-electron chi connectivity index (χ1n) is 7.03. The fourth-order valence-electron chi connectivity index (χ4n) is 2.21. The molecule has 0 saturated carbocycles. The maximum Gasteiger partial charge on any atom is 0.0645 e. The number of pyridine rings is 1. The zero-order chi connectivity index (χ0) is 14.5. The molecule has 4 nitrogen and oxygen atoms in total. The van der Waals surface area contributed by atoms with E-state index in [0.717, 1.165) is 35.7 Å². The van der Waals surface area contributed by atoms with Crippen molar-refractivity contribution in [3.63, 3.8) is 0 Å². The average Bonchev–Trinajstić information content (AvgIpc) is 2.97. The van der Waals surface area contributed by atoms with Gasteiger partial charge in [-0.1, -0.05) is 24.3 Å². The van der Waals surface area contributed by atoms with E-state index in [-0.39, 0.29) is 0 Å². The standard InChI is InChI=1S/C17H18N4/c1-14-6-5-7-16(20-14)12-18-10-15-11-19-21(13-15)17-8-3-2-4-9-17/h2-9,11,13,18H,10,12H2,1H3. The van der Waals surface area contributed by atoms with E-state index in [9.17, 15) is 0 Å². The molecule has 0 fully saturated rings.